The summed E-state index contributed by atoms with van der Waals surface area (Å²) < 4.78 is 4.67. The zero-order chi connectivity index (χ0) is 14.5. The van der Waals surface area contributed by atoms with Crippen molar-refractivity contribution in [3.63, 3.8) is 0 Å². The average molecular weight is 269 g/mol. The van der Waals surface area contributed by atoms with E-state index in [2.05, 4.69) is 42.1 Å². The summed E-state index contributed by atoms with van der Waals surface area (Å²) in [4.78, 5) is 11.3. The maximum atomic E-state index is 11.3. The average Bonchev–Trinajstić information content (AvgIpc) is 2.44. The molecule has 2 aromatic carbocycles. The highest BCUT2D eigenvalue weighted by atomic mass is 16.5. The van der Waals surface area contributed by atoms with Crippen LogP contribution in [0.2, 0.25) is 0 Å². The Morgan fingerprint density at radius 2 is 1.65 bits per heavy atom. The minimum absolute atomic E-state index is 0.314. The third-order valence-corrected chi connectivity index (χ3v) is 3.08. The van der Waals surface area contributed by atoms with E-state index in [1.807, 2.05) is 12.1 Å². The van der Waals surface area contributed by atoms with Crippen molar-refractivity contribution in [2.75, 3.05) is 12.4 Å². The predicted octanol–water partition coefficient (Wildman–Crippen LogP) is 3.70. The molecule has 0 aliphatic carbocycles. The second-order valence-corrected chi connectivity index (χ2v) is 4.92. The molecule has 3 nitrogen and oxygen atoms in total. The van der Waals surface area contributed by atoms with E-state index in [9.17, 15) is 4.79 Å². The number of esters is 1. The SMILES string of the molecule is COC(=O)c1ccc(NCc2cc(C)cc(C)c2)cc1. The van der Waals surface area contributed by atoms with Gasteiger partial charge in [0.05, 0.1) is 12.7 Å². The minimum Gasteiger partial charge on any atom is -0.465 e. The van der Waals surface area contributed by atoms with Gasteiger partial charge in [-0.25, -0.2) is 4.79 Å². The zero-order valence-electron chi connectivity index (χ0n) is 12.1. The lowest BCUT2D eigenvalue weighted by Gasteiger charge is -2.09. The molecule has 1 N–H and O–H groups in total. The fourth-order valence-corrected chi connectivity index (χ4v) is 2.22. The first-order valence-corrected chi connectivity index (χ1v) is 6.58. The van der Waals surface area contributed by atoms with E-state index in [0.717, 1.165) is 12.2 Å². The van der Waals surface area contributed by atoms with E-state index >= 15 is 0 Å². The Morgan fingerprint density at radius 3 is 2.20 bits per heavy atom. The zero-order valence-corrected chi connectivity index (χ0v) is 12.1. The Bertz CT molecular complexity index is 583. The Hall–Kier alpha value is -2.29. The minimum atomic E-state index is -0.314. The number of methoxy groups -OCH3 is 1. The lowest BCUT2D eigenvalue weighted by atomic mass is 10.1. The molecule has 0 radical (unpaired) electrons. The third-order valence-electron chi connectivity index (χ3n) is 3.08. The number of carbonyl (C=O) groups is 1. The summed E-state index contributed by atoms with van der Waals surface area (Å²) in [6, 6.07) is 13.8. The van der Waals surface area contributed by atoms with Crippen molar-refractivity contribution < 1.29 is 9.53 Å². The lowest BCUT2D eigenvalue weighted by molar-refractivity contribution is 0.0601. The molecule has 3 heteroatoms. The van der Waals surface area contributed by atoms with Crippen molar-refractivity contribution in [3.8, 4) is 0 Å². The van der Waals surface area contributed by atoms with Gasteiger partial charge in [-0.3, -0.25) is 0 Å². The number of hydrogen-bond donors (Lipinski definition) is 1. The van der Waals surface area contributed by atoms with Crippen LogP contribution in [0.5, 0.6) is 0 Å². The third kappa shape index (κ3) is 3.60. The van der Waals surface area contributed by atoms with Crippen LogP contribution in [-0.4, -0.2) is 13.1 Å². The van der Waals surface area contributed by atoms with Gasteiger partial charge in [0.1, 0.15) is 0 Å². The van der Waals surface area contributed by atoms with Gasteiger partial charge in [0.15, 0.2) is 0 Å². The molecule has 2 rings (SSSR count). The molecule has 20 heavy (non-hydrogen) atoms. The molecule has 104 valence electrons. The van der Waals surface area contributed by atoms with Gasteiger partial charge in [0.2, 0.25) is 0 Å². The molecule has 0 bridgehead atoms. The van der Waals surface area contributed by atoms with Crippen LogP contribution >= 0.6 is 0 Å². The van der Waals surface area contributed by atoms with Gasteiger partial charge in [0.25, 0.3) is 0 Å². The number of rotatable bonds is 4. The van der Waals surface area contributed by atoms with Crippen molar-refractivity contribution in [1.29, 1.82) is 0 Å². The quantitative estimate of drug-likeness (QED) is 0.860. The molecular formula is C17H19NO2. The summed E-state index contributed by atoms with van der Waals surface area (Å²) >= 11 is 0. The van der Waals surface area contributed by atoms with E-state index in [1.54, 1.807) is 12.1 Å². The number of anilines is 1. The number of ether oxygens (including phenoxy) is 1. The number of hydrogen-bond acceptors (Lipinski definition) is 3. The molecule has 0 saturated carbocycles. The summed E-state index contributed by atoms with van der Waals surface area (Å²) in [5.41, 5.74) is 5.33. The first-order chi connectivity index (χ1) is 9.58. The van der Waals surface area contributed by atoms with E-state index in [0.29, 0.717) is 5.56 Å². The standard InChI is InChI=1S/C17H19NO2/c1-12-8-13(2)10-14(9-12)11-18-16-6-4-15(5-7-16)17(19)20-3/h4-10,18H,11H2,1-3H3. The van der Waals surface area contributed by atoms with Gasteiger partial charge in [-0.2, -0.15) is 0 Å². The topological polar surface area (TPSA) is 38.3 Å². The van der Waals surface area contributed by atoms with E-state index < -0.39 is 0 Å². The van der Waals surface area contributed by atoms with Crippen molar-refractivity contribution in [1.82, 2.24) is 0 Å². The fourth-order valence-electron chi connectivity index (χ4n) is 2.22. The van der Waals surface area contributed by atoms with Gasteiger partial charge in [-0.05, 0) is 43.7 Å². The summed E-state index contributed by atoms with van der Waals surface area (Å²) in [5, 5.41) is 3.35. The van der Waals surface area contributed by atoms with Crippen LogP contribution in [0.1, 0.15) is 27.0 Å². The monoisotopic (exact) mass is 269 g/mol. The normalized spacial score (nSPS) is 10.2. The predicted molar refractivity (Wildman–Crippen MR) is 81.0 cm³/mol. The molecule has 0 fully saturated rings. The molecule has 2 aromatic rings. The molecule has 0 aliphatic heterocycles. The first kappa shape index (κ1) is 14.1. The molecule has 0 aliphatic rings. The van der Waals surface area contributed by atoms with Crippen molar-refractivity contribution in [2.45, 2.75) is 20.4 Å². The van der Waals surface area contributed by atoms with E-state index in [-0.39, 0.29) is 5.97 Å². The van der Waals surface area contributed by atoms with Crippen molar-refractivity contribution in [2.24, 2.45) is 0 Å². The van der Waals surface area contributed by atoms with Gasteiger partial charge < -0.3 is 10.1 Å². The maximum absolute atomic E-state index is 11.3. The smallest absolute Gasteiger partial charge is 0.337 e. The van der Waals surface area contributed by atoms with Crippen LogP contribution in [-0.2, 0) is 11.3 Å². The second-order valence-electron chi connectivity index (χ2n) is 4.92. The van der Waals surface area contributed by atoms with Crippen LogP contribution < -0.4 is 5.32 Å². The number of carbonyl (C=O) groups excluding carboxylic acids is 1. The molecular weight excluding hydrogens is 250 g/mol. The molecule has 0 saturated heterocycles. The van der Waals surface area contributed by atoms with E-state index in [1.165, 1.54) is 23.8 Å². The number of nitrogens with one attached hydrogen (secondary N) is 1. The van der Waals surface area contributed by atoms with Gasteiger partial charge in [-0.1, -0.05) is 29.3 Å². The van der Waals surface area contributed by atoms with Crippen molar-refractivity contribution in [3.05, 3.63) is 64.7 Å². The lowest BCUT2D eigenvalue weighted by Crippen LogP contribution is -2.03. The molecule has 0 aromatic heterocycles. The second kappa shape index (κ2) is 6.24. The highest BCUT2D eigenvalue weighted by Gasteiger charge is 2.04. The number of aryl methyl sites for hydroxylation is 2. The van der Waals surface area contributed by atoms with Crippen LogP contribution in [0.3, 0.4) is 0 Å². The molecule has 0 amide bonds. The summed E-state index contributed by atoms with van der Waals surface area (Å²) in [6.07, 6.45) is 0. The van der Waals surface area contributed by atoms with Gasteiger partial charge in [0, 0.05) is 12.2 Å². The van der Waals surface area contributed by atoms with E-state index in [4.69, 9.17) is 0 Å². The molecule has 0 unspecified atom stereocenters. The highest BCUT2D eigenvalue weighted by molar-refractivity contribution is 5.89. The van der Waals surface area contributed by atoms with Crippen LogP contribution in [0.25, 0.3) is 0 Å². The summed E-state index contributed by atoms with van der Waals surface area (Å²) in [6.45, 7) is 4.96. The molecule has 0 heterocycles. The van der Waals surface area contributed by atoms with Crippen LogP contribution in [0.4, 0.5) is 5.69 Å². The Balaban J connectivity index is 2.02. The first-order valence-electron chi connectivity index (χ1n) is 6.58. The fraction of sp³-hybridized carbons (Fsp3) is 0.235. The van der Waals surface area contributed by atoms with Gasteiger partial charge >= 0.3 is 5.97 Å². The van der Waals surface area contributed by atoms with Crippen LogP contribution in [0.15, 0.2) is 42.5 Å². The molecule has 0 spiro atoms. The Labute approximate surface area is 119 Å². The largest absolute Gasteiger partial charge is 0.465 e. The molecule has 0 atom stereocenters. The Morgan fingerprint density at radius 1 is 1.05 bits per heavy atom. The maximum Gasteiger partial charge on any atom is 0.337 e. The van der Waals surface area contributed by atoms with Gasteiger partial charge in [-0.15, -0.1) is 0 Å². The van der Waals surface area contributed by atoms with Crippen LogP contribution in [0, 0.1) is 13.8 Å². The highest BCUT2D eigenvalue weighted by Crippen LogP contribution is 2.14. The number of benzene rings is 2. The Kier molecular flexibility index (Phi) is 4.41. The summed E-state index contributed by atoms with van der Waals surface area (Å²) in [5.74, 6) is -0.314. The summed E-state index contributed by atoms with van der Waals surface area (Å²) in [7, 11) is 1.38. The van der Waals surface area contributed by atoms with Crippen molar-refractivity contribution >= 4 is 11.7 Å².